The van der Waals surface area contributed by atoms with Gasteiger partial charge in [0.15, 0.2) is 0 Å². The standard InChI is InChI=1S/C14H17ClO3/c1-17-13(16)9-14(7-2-8-14)18-10-11-3-5-12(15)6-4-11/h3-6H,2,7-10H2,1H3. The first-order valence-electron chi connectivity index (χ1n) is 6.09. The topological polar surface area (TPSA) is 35.5 Å². The van der Waals surface area contributed by atoms with Crippen LogP contribution in [0.25, 0.3) is 0 Å². The number of carbonyl (C=O) groups is 1. The highest BCUT2D eigenvalue weighted by atomic mass is 35.5. The first-order valence-corrected chi connectivity index (χ1v) is 6.47. The van der Waals surface area contributed by atoms with Gasteiger partial charge in [0.1, 0.15) is 0 Å². The molecule has 2 rings (SSSR count). The summed E-state index contributed by atoms with van der Waals surface area (Å²) < 4.78 is 10.6. The van der Waals surface area contributed by atoms with Gasteiger partial charge in [-0.2, -0.15) is 0 Å². The fourth-order valence-electron chi connectivity index (χ4n) is 2.10. The van der Waals surface area contributed by atoms with E-state index in [4.69, 9.17) is 21.1 Å². The summed E-state index contributed by atoms with van der Waals surface area (Å²) in [5.74, 6) is -0.203. The second kappa shape index (κ2) is 5.72. The summed E-state index contributed by atoms with van der Waals surface area (Å²) >= 11 is 5.83. The van der Waals surface area contributed by atoms with Crippen molar-refractivity contribution in [2.45, 2.75) is 37.9 Å². The average molecular weight is 269 g/mol. The van der Waals surface area contributed by atoms with Gasteiger partial charge in [0.25, 0.3) is 0 Å². The number of hydrogen-bond acceptors (Lipinski definition) is 3. The van der Waals surface area contributed by atoms with Gasteiger partial charge in [-0.05, 0) is 37.0 Å². The van der Waals surface area contributed by atoms with Crippen LogP contribution in [0, 0.1) is 0 Å². The predicted molar refractivity (Wildman–Crippen MR) is 69.5 cm³/mol. The van der Waals surface area contributed by atoms with Crippen molar-refractivity contribution in [3.63, 3.8) is 0 Å². The molecule has 0 spiro atoms. The molecule has 3 nitrogen and oxygen atoms in total. The van der Waals surface area contributed by atoms with E-state index in [9.17, 15) is 4.79 Å². The maximum atomic E-state index is 11.4. The van der Waals surface area contributed by atoms with Crippen LogP contribution >= 0.6 is 11.6 Å². The van der Waals surface area contributed by atoms with E-state index in [1.54, 1.807) is 0 Å². The smallest absolute Gasteiger partial charge is 0.308 e. The van der Waals surface area contributed by atoms with Gasteiger partial charge in [-0.25, -0.2) is 0 Å². The Labute approximate surface area is 112 Å². The fraction of sp³-hybridized carbons (Fsp3) is 0.500. The van der Waals surface area contributed by atoms with Gasteiger partial charge < -0.3 is 9.47 Å². The van der Waals surface area contributed by atoms with Gasteiger partial charge >= 0.3 is 5.97 Å². The van der Waals surface area contributed by atoms with Crippen molar-refractivity contribution in [2.75, 3.05) is 7.11 Å². The molecule has 1 aliphatic carbocycles. The van der Waals surface area contributed by atoms with Crippen LogP contribution in [0.4, 0.5) is 0 Å². The monoisotopic (exact) mass is 268 g/mol. The molecule has 1 aromatic carbocycles. The fourth-order valence-corrected chi connectivity index (χ4v) is 2.22. The summed E-state index contributed by atoms with van der Waals surface area (Å²) in [6, 6.07) is 7.56. The molecule has 98 valence electrons. The number of halogens is 1. The lowest BCUT2D eigenvalue weighted by Crippen LogP contribution is -2.42. The number of benzene rings is 1. The third-order valence-electron chi connectivity index (χ3n) is 3.42. The molecule has 0 aliphatic heterocycles. The molecule has 1 aliphatic rings. The lowest BCUT2D eigenvalue weighted by atomic mass is 9.77. The maximum absolute atomic E-state index is 11.4. The van der Waals surface area contributed by atoms with E-state index >= 15 is 0 Å². The normalized spacial score (nSPS) is 17.0. The van der Waals surface area contributed by atoms with Crippen LogP contribution in [-0.2, 0) is 20.9 Å². The zero-order chi connectivity index (χ0) is 13.0. The van der Waals surface area contributed by atoms with Gasteiger partial charge in [0, 0.05) is 5.02 Å². The summed E-state index contributed by atoms with van der Waals surface area (Å²) in [4.78, 5) is 11.4. The van der Waals surface area contributed by atoms with Gasteiger partial charge in [-0.15, -0.1) is 0 Å². The average Bonchev–Trinajstić information content (AvgIpc) is 2.34. The largest absolute Gasteiger partial charge is 0.469 e. The number of esters is 1. The molecule has 1 aromatic rings. The first kappa shape index (κ1) is 13.4. The molecule has 0 atom stereocenters. The summed E-state index contributed by atoms with van der Waals surface area (Å²) in [5.41, 5.74) is 0.753. The maximum Gasteiger partial charge on any atom is 0.308 e. The van der Waals surface area contributed by atoms with E-state index in [2.05, 4.69) is 0 Å². The van der Waals surface area contributed by atoms with Crippen molar-refractivity contribution < 1.29 is 14.3 Å². The van der Waals surface area contributed by atoms with Crippen LogP contribution in [0.3, 0.4) is 0 Å². The van der Waals surface area contributed by atoms with E-state index in [0.29, 0.717) is 18.1 Å². The van der Waals surface area contributed by atoms with Crippen LogP contribution in [0.1, 0.15) is 31.2 Å². The molecule has 4 heteroatoms. The minimum absolute atomic E-state index is 0.203. The van der Waals surface area contributed by atoms with Crippen molar-refractivity contribution in [3.05, 3.63) is 34.9 Å². The van der Waals surface area contributed by atoms with Crippen LogP contribution in [0.2, 0.25) is 5.02 Å². The van der Waals surface area contributed by atoms with Crippen LogP contribution in [0.15, 0.2) is 24.3 Å². The molecular formula is C14H17ClO3. The Balaban J connectivity index is 1.91. The molecule has 1 fully saturated rings. The number of ether oxygens (including phenoxy) is 2. The quantitative estimate of drug-likeness (QED) is 0.769. The molecule has 0 saturated heterocycles. The van der Waals surface area contributed by atoms with E-state index in [0.717, 1.165) is 24.8 Å². The van der Waals surface area contributed by atoms with Crippen molar-refractivity contribution in [2.24, 2.45) is 0 Å². The predicted octanol–water partition coefficient (Wildman–Crippen LogP) is 3.34. The Morgan fingerprint density at radius 1 is 1.33 bits per heavy atom. The SMILES string of the molecule is COC(=O)CC1(OCc2ccc(Cl)cc2)CCC1. The number of carbonyl (C=O) groups excluding carboxylic acids is 1. The minimum atomic E-state index is -0.313. The number of hydrogen-bond donors (Lipinski definition) is 0. The van der Waals surface area contributed by atoms with Gasteiger partial charge in [-0.1, -0.05) is 23.7 Å². The van der Waals surface area contributed by atoms with E-state index in [1.165, 1.54) is 7.11 Å². The van der Waals surface area contributed by atoms with Crippen molar-refractivity contribution >= 4 is 17.6 Å². The molecule has 18 heavy (non-hydrogen) atoms. The molecular weight excluding hydrogens is 252 g/mol. The Morgan fingerprint density at radius 3 is 2.50 bits per heavy atom. The van der Waals surface area contributed by atoms with Crippen LogP contribution in [0.5, 0.6) is 0 Å². The lowest BCUT2D eigenvalue weighted by molar-refractivity contribution is -0.159. The van der Waals surface area contributed by atoms with Crippen molar-refractivity contribution in [3.8, 4) is 0 Å². The second-order valence-corrected chi connectivity index (χ2v) is 5.14. The molecule has 0 aromatic heterocycles. The summed E-state index contributed by atoms with van der Waals surface area (Å²) in [5, 5.41) is 0.715. The Morgan fingerprint density at radius 2 is 2.00 bits per heavy atom. The van der Waals surface area contributed by atoms with Gasteiger partial charge in [-0.3, -0.25) is 4.79 Å². The summed E-state index contributed by atoms with van der Waals surface area (Å²) in [7, 11) is 1.41. The van der Waals surface area contributed by atoms with Gasteiger partial charge in [0.2, 0.25) is 0 Å². The third-order valence-corrected chi connectivity index (χ3v) is 3.67. The number of rotatable bonds is 5. The molecule has 0 N–H and O–H groups in total. The molecule has 0 radical (unpaired) electrons. The molecule has 0 bridgehead atoms. The molecule has 0 amide bonds. The second-order valence-electron chi connectivity index (χ2n) is 4.70. The van der Waals surface area contributed by atoms with Crippen LogP contribution < -0.4 is 0 Å². The zero-order valence-electron chi connectivity index (χ0n) is 10.4. The third kappa shape index (κ3) is 3.24. The minimum Gasteiger partial charge on any atom is -0.469 e. The molecule has 1 saturated carbocycles. The Kier molecular flexibility index (Phi) is 4.25. The molecule has 0 heterocycles. The molecule has 0 unspecified atom stereocenters. The van der Waals surface area contributed by atoms with Crippen molar-refractivity contribution in [1.29, 1.82) is 0 Å². The van der Waals surface area contributed by atoms with Gasteiger partial charge in [0.05, 0.1) is 25.7 Å². The van der Waals surface area contributed by atoms with Crippen molar-refractivity contribution in [1.82, 2.24) is 0 Å². The summed E-state index contributed by atoms with van der Waals surface area (Å²) in [6.45, 7) is 0.508. The first-order chi connectivity index (χ1) is 8.63. The summed E-state index contributed by atoms with van der Waals surface area (Å²) in [6.07, 6.45) is 3.31. The van der Waals surface area contributed by atoms with E-state index in [1.807, 2.05) is 24.3 Å². The Bertz CT molecular complexity index is 410. The Hall–Kier alpha value is -1.06. The lowest BCUT2D eigenvalue weighted by Gasteiger charge is -2.40. The van der Waals surface area contributed by atoms with E-state index in [-0.39, 0.29) is 11.6 Å². The van der Waals surface area contributed by atoms with E-state index < -0.39 is 0 Å². The highest BCUT2D eigenvalue weighted by Crippen LogP contribution is 2.39. The number of methoxy groups -OCH3 is 1. The zero-order valence-corrected chi connectivity index (χ0v) is 11.2. The highest BCUT2D eigenvalue weighted by Gasteiger charge is 2.40. The highest BCUT2D eigenvalue weighted by molar-refractivity contribution is 6.30. The van der Waals surface area contributed by atoms with Crippen LogP contribution in [-0.4, -0.2) is 18.7 Å².